The zero-order chi connectivity index (χ0) is 16.4. The number of nitrogens with two attached hydrogens (primary N) is 1. The number of hydrogen-bond acceptors (Lipinski definition) is 5. The molecule has 3 aromatic rings. The van der Waals surface area contributed by atoms with Gasteiger partial charge in [-0.25, -0.2) is 4.98 Å². The first-order valence-electron chi connectivity index (χ1n) is 7.53. The number of aryl methyl sites for hydroxylation is 1. The molecule has 0 radical (unpaired) electrons. The van der Waals surface area contributed by atoms with E-state index in [2.05, 4.69) is 34.3 Å². The summed E-state index contributed by atoms with van der Waals surface area (Å²) in [6.07, 6.45) is 0.836. The Bertz CT molecular complexity index is 814. The fraction of sp³-hybridized carbons (Fsp3) is 0.294. The maximum absolute atomic E-state index is 6.11. The van der Waals surface area contributed by atoms with Crippen molar-refractivity contribution in [1.82, 2.24) is 9.97 Å². The Morgan fingerprint density at radius 1 is 1.26 bits per heavy atom. The van der Waals surface area contributed by atoms with Crippen molar-refractivity contribution < 1.29 is 0 Å². The van der Waals surface area contributed by atoms with Gasteiger partial charge in [0.25, 0.3) is 0 Å². The van der Waals surface area contributed by atoms with Gasteiger partial charge in [0.15, 0.2) is 0 Å². The average molecular weight is 347 g/mol. The van der Waals surface area contributed by atoms with Crippen molar-refractivity contribution in [3.05, 3.63) is 51.6 Å². The fourth-order valence-electron chi connectivity index (χ4n) is 2.49. The third-order valence-electron chi connectivity index (χ3n) is 3.65. The highest BCUT2D eigenvalue weighted by Crippen LogP contribution is 2.35. The molecule has 23 heavy (non-hydrogen) atoms. The number of aromatic nitrogens is 2. The lowest BCUT2D eigenvalue weighted by Crippen LogP contribution is -2.17. The van der Waals surface area contributed by atoms with Crippen LogP contribution in [0.25, 0.3) is 10.2 Å². The second kappa shape index (κ2) is 6.83. The highest BCUT2D eigenvalue weighted by Gasteiger charge is 2.16. The van der Waals surface area contributed by atoms with Gasteiger partial charge in [-0.05, 0) is 43.0 Å². The predicted molar refractivity (Wildman–Crippen MR) is 98.3 cm³/mol. The molecule has 0 saturated carbocycles. The zero-order valence-electron chi connectivity index (χ0n) is 13.1. The lowest BCUT2D eigenvalue weighted by Gasteiger charge is -2.07. The second-order valence-electron chi connectivity index (χ2n) is 5.69. The standard InChI is InChI=1S/C17H19ClN4S/c1-10(19)8-13-11(2)14-15(23-13)16(22-17(18)21-14)20-9-12-6-4-3-5-7-12/h3-7,10H,8-9,19H2,1-2H3,(H,20,21,22)/t10-/m0/s1. The summed E-state index contributed by atoms with van der Waals surface area (Å²) < 4.78 is 1.04. The van der Waals surface area contributed by atoms with Gasteiger partial charge in [0.05, 0.1) is 10.2 Å². The molecule has 0 aliphatic rings. The van der Waals surface area contributed by atoms with Crippen LogP contribution in [-0.2, 0) is 13.0 Å². The van der Waals surface area contributed by atoms with Crippen LogP contribution in [0.1, 0.15) is 22.9 Å². The molecule has 0 spiro atoms. The van der Waals surface area contributed by atoms with Crippen LogP contribution >= 0.6 is 22.9 Å². The van der Waals surface area contributed by atoms with E-state index in [-0.39, 0.29) is 11.3 Å². The molecule has 0 unspecified atom stereocenters. The van der Waals surface area contributed by atoms with E-state index in [1.807, 2.05) is 25.1 Å². The summed E-state index contributed by atoms with van der Waals surface area (Å²) in [5, 5.41) is 3.65. The molecule has 3 N–H and O–H groups in total. The van der Waals surface area contributed by atoms with Crippen molar-refractivity contribution in [2.24, 2.45) is 5.73 Å². The zero-order valence-corrected chi connectivity index (χ0v) is 14.7. The van der Waals surface area contributed by atoms with E-state index in [1.54, 1.807) is 11.3 Å². The highest BCUT2D eigenvalue weighted by atomic mass is 35.5. The summed E-state index contributed by atoms with van der Waals surface area (Å²) in [4.78, 5) is 10.0. The maximum atomic E-state index is 6.11. The Morgan fingerprint density at radius 2 is 2.00 bits per heavy atom. The molecule has 6 heteroatoms. The smallest absolute Gasteiger partial charge is 0.224 e. The van der Waals surface area contributed by atoms with Crippen LogP contribution < -0.4 is 11.1 Å². The molecule has 0 amide bonds. The van der Waals surface area contributed by atoms with Gasteiger partial charge in [0, 0.05) is 17.5 Å². The van der Waals surface area contributed by atoms with E-state index in [1.165, 1.54) is 10.4 Å². The monoisotopic (exact) mass is 346 g/mol. The lowest BCUT2D eigenvalue weighted by molar-refractivity contribution is 0.744. The van der Waals surface area contributed by atoms with Crippen molar-refractivity contribution in [3.63, 3.8) is 0 Å². The third-order valence-corrected chi connectivity index (χ3v) is 5.13. The Labute approximate surface area is 144 Å². The van der Waals surface area contributed by atoms with Crippen LogP contribution in [0.2, 0.25) is 5.28 Å². The van der Waals surface area contributed by atoms with Gasteiger partial charge in [-0.15, -0.1) is 11.3 Å². The number of halogens is 1. The quantitative estimate of drug-likeness (QED) is 0.681. The van der Waals surface area contributed by atoms with Crippen molar-refractivity contribution in [1.29, 1.82) is 0 Å². The van der Waals surface area contributed by atoms with E-state index < -0.39 is 0 Å². The van der Waals surface area contributed by atoms with E-state index in [4.69, 9.17) is 17.3 Å². The maximum Gasteiger partial charge on any atom is 0.224 e. The molecule has 4 nitrogen and oxygen atoms in total. The topological polar surface area (TPSA) is 63.8 Å². The number of benzene rings is 1. The summed E-state index contributed by atoms with van der Waals surface area (Å²) in [5.41, 5.74) is 9.21. The Hall–Kier alpha value is -1.69. The van der Waals surface area contributed by atoms with Crippen molar-refractivity contribution in [2.45, 2.75) is 32.9 Å². The summed E-state index contributed by atoms with van der Waals surface area (Å²) in [5.74, 6) is 0.785. The van der Waals surface area contributed by atoms with Crippen molar-refractivity contribution in [2.75, 3.05) is 5.32 Å². The number of thiophene rings is 1. The number of anilines is 1. The number of fused-ring (bicyclic) bond motifs is 1. The Morgan fingerprint density at radius 3 is 2.70 bits per heavy atom. The number of hydrogen-bond donors (Lipinski definition) is 2. The van der Waals surface area contributed by atoms with Gasteiger partial charge in [0.2, 0.25) is 5.28 Å². The van der Waals surface area contributed by atoms with E-state index >= 15 is 0 Å². The molecule has 0 aliphatic heterocycles. The van der Waals surface area contributed by atoms with Gasteiger partial charge in [-0.3, -0.25) is 0 Å². The van der Waals surface area contributed by atoms with Crippen LogP contribution in [0.4, 0.5) is 5.82 Å². The average Bonchev–Trinajstić information content (AvgIpc) is 2.82. The molecule has 1 atom stereocenters. The molecule has 2 aromatic heterocycles. The van der Waals surface area contributed by atoms with E-state index in [9.17, 15) is 0 Å². The predicted octanol–water partition coefficient (Wildman–Crippen LogP) is 4.15. The van der Waals surface area contributed by atoms with E-state index in [0.717, 1.165) is 28.0 Å². The van der Waals surface area contributed by atoms with Crippen LogP contribution in [-0.4, -0.2) is 16.0 Å². The molecule has 3 rings (SSSR count). The lowest BCUT2D eigenvalue weighted by atomic mass is 10.1. The number of nitrogens with zero attached hydrogens (tertiary/aromatic N) is 2. The second-order valence-corrected chi connectivity index (χ2v) is 7.13. The molecule has 1 aromatic carbocycles. The van der Waals surface area contributed by atoms with Gasteiger partial charge in [-0.1, -0.05) is 30.3 Å². The van der Waals surface area contributed by atoms with Gasteiger partial charge < -0.3 is 11.1 Å². The van der Waals surface area contributed by atoms with E-state index in [0.29, 0.717) is 6.54 Å². The minimum atomic E-state index is 0.117. The normalized spacial score (nSPS) is 12.5. The van der Waals surface area contributed by atoms with Gasteiger partial charge in [-0.2, -0.15) is 4.98 Å². The molecule has 120 valence electrons. The Kier molecular flexibility index (Phi) is 4.80. The number of nitrogens with one attached hydrogen (secondary N) is 1. The summed E-state index contributed by atoms with van der Waals surface area (Å²) in [7, 11) is 0. The molecule has 2 heterocycles. The van der Waals surface area contributed by atoms with Gasteiger partial charge in [0.1, 0.15) is 5.82 Å². The van der Waals surface area contributed by atoms with Crippen LogP contribution in [0.15, 0.2) is 30.3 Å². The van der Waals surface area contributed by atoms with Crippen LogP contribution in [0.3, 0.4) is 0 Å². The largest absolute Gasteiger partial charge is 0.365 e. The first-order valence-corrected chi connectivity index (χ1v) is 8.73. The fourth-order valence-corrected chi connectivity index (χ4v) is 4.02. The molecule has 0 bridgehead atoms. The third kappa shape index (κ3) is 3.63. The molecular formula is C17H19ClN4S. The molecule has 0 fully saturated rings. The summed E-state index contributed by atoms with van der Waals surface area (Å²) in [6.45, 7) is 4.78. The van der Waals surface area contributed by atoms with Crippen molar-refractivity contribution >= 4 is 39.0 Å². The summed E-state index contributed by atoms with van der Waals surface area (Å²) >= 11 is 7.81. The summed E-state index contributed by atoms with van der Waals surface area (Å²) in [6, 6.07) is 10.3. The first kappa shape index (κ1) is 16.2. The van der Waals surface area contributed by atoms with Gasteiger partial charge >= 0.3 is 0 Å². The number of rotatable bonds is 5. The molecule has 0 saturated heterocycles. The molecular weight excluding hydrogens is 328 g/mol. The minimum Gasteiger partial charge on any atom is -0.365 e. The van der Waals surface area contributed by atoms with Crippen molar-refractivity contribution in [3.8, 4) is 0 Å². The van der Waals surface area contributed by atoms with Crippen LogP contribution in [0.5, 0.6) is 0 Å². The van der Waals surface area contributed by atoms with Crippen LogP contribution in [0, 0.1) is 6.92 Å². The Balaban J connectivity index is 1.96. The highest BCUT2D eigenvalue weighted by molar-refractivity contribution is 7.19. The SMILES string of the molecule is Cc1c(C[C@H](C)N)sc2c(NCc3ccccc3)nc(Cl)nc12. The minimum absolute atomic E-state index is 0.117. The molecule has 0 aliphatic carbocycles. The first-order chi connectivity index (χ1) is 11.0.